The molecule has 1 atom stereocenters. The van der Waals surface area contributed by atoms with Crippen molar-refractivity contribution in [3.8, 4) is 0 Å². The van der Waals surface area contributed by atoms with E-state index in [1.54, 1.807) is 0 Å². The van der Waals surface area contributed by atoms with E-state index in [1.807, 2.05) is 0 Å². The Morgan fingerprint density at radius 1 is 1.67 bits per heavy atom. The van der Waals surface area contributed by atoms with Crippen molar-refractivity contribution in [1.82, 2.24) is 0 Å². The number of hydrogen-bond acceptors (Lipinski definition) is 3. The summed E-state index contributed by atoms with van der Waals surface area (Å²) in [5.41, 5.74) is 0. The molecule has 0 radical (unpaired) electrons. The molecule has 3 heteroatoms. The molecule has 1 saturated heterocycles. The lowest BCUT2D eigenvalue weighted by Gasteiger charge is -2.04. The van der Waals surface area contributed by atoms with Crippen molar-refractivity contribution in [2.45, 2.75) is 17.4 Å². The zero-order valence-electron chi connectivity index (χ0n) is 5.38. The van der Waals surface area contributed by atoms with E-state index in [9.17, 15) is 0 Å². The molecule has 0 amide bonds. The van der Waals surface area contributed by atoms with Crippen molar-refractivity contribution < 1.29 is 0 Å². The van der Waals surface area contributed by atoms with Gasteiger partial charge in [0.05, 0.1) is 4.58 Å². The third kappa shape index (κ3) is 3.10. The van der Waals surface area contributed by atoms with Gasteiger partial charge in [0.2, 0.25) is 0 Å². The van der Waals surface area contributed by atoms with Crippen LogP contribution in [0.25, 0.3) is 0 Å². The molecule has 54 valence electrons. The van der Waals surface area contributed by atoms with Crippen LogP contribution in [0.5, 0.6) is 0 Å². The molecule has 9 heavy (non-hydrogen) atoms. The predicted molar refractivity (Wildman–Crippen MR) is 51.8 cm³/mol. The highest BCUT2D eigenvalue weighted by Crippen LogP contribution is 2.34. The van der Waals surface area contributed by atoms with Crippen LogP contribution in [0.15, 0.2) is 0 Å². The van der Waals surface area contributed by atoms with Gasteiger partial charge in [0, 0.05) is 5.75 Å². The normalized spacial score (nSPS) is 27.0. The molecule has 1 aliphatic rings. The summed E-state index contributed by atoms with van der Waals surface area (Å²) in [5, 5.41) is 0. The van der Waals surface area contributed by atoms with Crippen LogP contribution in [0.4, 0.5) is 0 Å². The molecule has 1 fully saturated rings. The Hall–Kier alpha value is 1.05. The Labute approximate surface area is 71.0 Å². The van der Waals surface area contributed by atoms with Gasteiger partial charge in [-0.3, -0.25) is 0 Å². The van der Waals surface area contributed by atoms with Gasteiger partial charge in [-0.2, -0.15) is 12.6 Å². The van der Waals surface area contributed by atoms with Crippen LogP contribution in [0.1, 0.15) is 12.8 Å². The minimum absolute atomic E-state index is 0.900. The first-order chi connectivity index (χ1) is 4.43. The third-order valence-electron chi connectivity index (χ3n) is 1.28. The molecule has 0 N–H and O–H groups in total. The van der Waals surface area contributed by atoms with E-state index in [0.29, 0.717) is 0 Å². The van der Waals surface area contributed by atoms with Gasteiger partial charge in [0.15, 0.2) is 0 Å². The molecule has 1 rings (SSSR count). The lowest BCUT2D eigenvalue weighted by atomic mass is 10.4. The Morgan fingerprint density at radius 3 is 3.11 bits per heavy atom. The van der Waals surface area contributed by atoms with Crippen LogP contribution in [-0.2, 0) is 0 Å². The molecule has 0 saturated carbocycles. The summed E-state index contributed by atoms with van der Waals surface area (Å²) in [7, 11) is 0. The molecular formula is C6H12S3. The van der Waals surface area contributed by atoms with Crippen LogP contribution in [0, 0.1) is 0 Å². The van der Waals surface area contributed by atoms with Gasteiger partial charge in [-0.05, 0) is 24.3 Å². The minimum Gasteiger partial charge on any atom is -0.179 e. The predicted octanol–water partition coefficient (Wildman–Crippen LogP) is 2.50. The van der Waals surface area contributed by atoms with Crippen molar-refractivity contribution in [1.29, 1.82) is 0 Å². The SMILES string of the molecule is SCCSC1CCCS1. The van der Waals surface area contributed by atoms with E-state index in [-0.39, 0.29) is 0 Å². The largest absolute Gasteiger partial charge is 0.179 e. The van der Waals surface area contributed by atoms with Gasteiger partial charge in [-0.25, -0.2) is 0 Å². The number of thioether (sulfide) groups is 2. The lowest BCUT2D eigenvalue weighted by molar-refractivity contribution is 0.924. The highest BCUT2D eigenvalue weighted by Gasteiger charge is 2.14. The van der Waals surface area contributed by atoms with Gasteiger partial charge in [0.25, 0.3) is 0 Å². The highest BCUT2D eigenvalue weighted by molar-refractivity contribution is 8.17. The average molecular weight is 180 g/mol. The van der Waals surface area contributed by atoms with Crippen LogP contribution < -0.4 is 0 Å². The first-order valence-electron chi connectivity index (χ1n) is 3.27. The standard InChI is InChI=1S/C6H12S3/c7-3-5-9-6-2-1-4-8-6/h6-7H,1-5H2. The van der Waals surface area contributed by atoms with Crippen molar-refractivity contribution in [3.05, 3.63) is 0 Å². The van der Waals surface area contributed by atoms with E-state index in [2.05, 4.69) is 36.2 Å². The van der Waals surface area contributed by atoms with Crippen LogP contribution in [0.3, 0.4) is 0 Å². The summed E-state index contributed by atoms with van der Waals surface area (Å²) < 4.78 is 0.900. The molecule has 0 aromatic rings. The van der Waals surface area contributed by atoms with Crippen molar-refractivity contribution in [3.63, 3.8) is 0 Å². The van der Waals surface area contributed by atoms with Crippen LogP contribution >= 0.6 is 36.2 Å². The summed E-state index contributed by atoms with van der Waals surface area (Å²) in [4.78, 5) is 0. The summed E-state index contributed by atoms with van der Waals surface area (Å²) in [6.07, 6.45) is 2.85. The fourth-order valence-electron chi connectivity index (χ4n) is 0.864. The van der Waals surface area contributed by atoms with E-state index in [0.717, 1.165) is 10.3 Å². The summed E-state index contributed by atoms with van der Waals surface area (Å²) in [6.45, 7) is 0. The molecule has 0 bridgehead atoms. The number of rotatable bonds is 3. The van der Waals surface area contributed by atoms with Crippen molar-refractivity contribution >= 4 is 36.2 Å². The summed E-state index contributed by atoms with van der Waals surface area (Å²) >= 11 is 8.35. The fourth-order valence-corrected chi connectivity index (χ4v) is 3.77. The Balaban J connectivity index is 1.98. The molecule has 1 aliphatic heterocycles. The number of hydrogen-bond donors (Lipinski definition) is 1. The average Bonchev–Trinajstić information content (AvgIpc) is 2.34. The quantitative estimate of drug-likeness (QED) is 0.663. The number of thiol groups is 1. The molecule has 0 aromatic heterocycles. The maximum Gasteiger partial charge on any atom is 0.0503 e. The zero-order valence-corrected chi connectivity index (χ0v) is 7.90. The molecule has 1 unspecified atom stereocenters. The Morgan fingerprint density at radius 2 is 2.56 bits per heavy atom. The van der Waals surface area contributed by atoms with Crippen molar-refractivity contribution in [2.75, 3.05) is 17.3 Å². The van der Waals surface area contributed by atoms with Gasteiger partial charge in [-0.1, -0.05) is 0 Å². The van der Waals surface area contributed by atoms with Crippen molar-refractivity contribution in [2.24, 2.45) is 0 Å². The Bertz CT molecular complexity index is 68.7. The fraction of sp³-hybridized carbons (Fsp3) is 1.00. The monoisotopic (exact) mass is 180 g/mol. The van der Waals surface area contributed by atoms with E-state index in [4.69, 9.17) is 0 Å². The lowest BCUT2D eigenvalue weighted by Crippen LogP contribution is -1.91. The molecule has 0 aliphatic carbocycles. The molecule has 1 heterocycles. The maximum absolute atomic E-state index is 4.16. The van der Waals surface area contributed by atoms with Crippen LogP contribution in [0.2, 0.25) is 0 Å². The molecule has 0 nitrogen and oxygen atoms in total. The third-order valence-corrected chi connectivity index (χ3v) is 4.80. The highest BCUT2D eigenvalue weighted by atomic mass is 32.2. The summed E-state index contributed by atoms with van der Waals surface area (Å²) in [5.74, 6) is 3.63. The zero-order chi connectivity index (χ0) is 6.53. The smallest absolute Gasteiger partial charge is 0.0503 e. The Kier molecular flexibility index (Phi) is 4.35. The topological polar surface area (TPSA) is 0 Å². The van der Waals surface area contributed by atoms with Gasteiger partial charge in [0.1, 0.15) is 0 Å². The first kappa shape index (κ1) is 8.15. The second kappa shape index (κ2) is 4.80. The van der Waals surface area contributed by atoms with Gasteiger partial charge < -0.3 is 0 Å². The van der Waals surface area contributed by atoms with Crippen LogP contribution in [-0.4, -0.2) is 21.8 Å². The molecule has 0 aromatic carbocycles. The summed E-state index contributed by atoms with van der Waals surface area (Å²) in [6, 6.07) is 0. The second-order valence-corrected chi connectivity index (χ2v) is 5.40. The van der Waals surface area contributed by atoms with Gasteiger partial charge >= 0.3 is 0 Å². The minimum atomic E-state index is 0.900. The van der Waals surface area contributed by atoms with E-state index in [1.165, 1.54) is 24.3 Å². The first-order valence-corrected chi connectivity index (χ1v) is 6.00. The second-order valence-electron chi connectivity index (χ2n) is 2.04. The molecule has 0 spiro atoms. The van der Waals surface area contributed by atoms with E-state index >= 15 is 0 Å². The van der Waals surface area contributed by atoms with E-state index < -0.39 is 0 Å². The molecular weight excluding hydrogens is 168 g/mol. The maximum atomic E-state index is 4.16. The van der Waals surface area contributed by atoms with Gasteiger partial charge in [-0.15, -0.1) is 23.5 Å².